The summed E-state index contributed by atoms with van der Waals surface area (Å²) < 4.78 is 40.5. The molecule has 0 unspecified atom stereocenters. The molecule has 3 heterocycles. The fraction of sp³-hybridized carbons (Fsp3) is 0.267. The van der Waals surface area contributed by atoms with Crippen LogP contribution in [0.1, 0.15) is 17.5 Å². The van der Waals surface area contributed by atoms with Gasteiger partial charge in [0.15, 0.2) is 0 Å². The van der Waals surface area contributed by atoms with Crippen molar-refractivity contribution in [3.05, 3.63) is 90.3 Å². The molecule has 0 spiro atoms. The molecule has 0 saturated carbocycles. The van der Waals surface area contributed by atoms with Gasteiger partial charge in [0.2, 0.25) is 6.41 Å². The number of aryl methyl sites for hydroxylation is 3. The van der Waals surface area contributed by atoms with Gasteiger partial charge in [-0.25, -0.2) is 33.6 Å². The van der Waals surface area contributed by atoms with Crippen LogP contribution < -0.4 is 42.6 Å². The van der Waals surface area contributed by atoms with Crippen LogP contribution in [0.25, 0.3) is 33.1 Å². The molecule has 0 atom stereocenters. The van der Waals surface area contributed by atoms with Crippen LogP contribution in [0.4, 0.5) is 0 Å². The topological polar surface area (TPSA) is 169 Å². The van der Waals surface area contributed by atoms with Crippen LogP contribution in [-0.2, 0) is 65.0 Å². The zero-order valence-corrected chi connectivity index (χ0v) is 32.1. The maximum Gasteiger partial charge on any atom is 2.00 e. The number of aromatic nitrogens is 6. The van der Waals surface area contributed by atoms with Gasteiger partial charge in [0, 0.05) is 35.2 Å². The Morgan fingerprint density at radius 2 is 0.870 bits per heavy atom. The second kappa shape index (κ2) is 17.2. The molecule has 1 amide bonds. The number of fused-ring (bicyclic) bond motifs is 3. The number of halogens is 2. The summed E-state index contributed by atoms with van der Waals surface area (Å²) in [5, 5.41) is 0. The molecular formula is C30H34ClIN8O5Zn. The molecule has 0 bridgehead atoms. The summed E-state index contributed by atoms with van der Waals surface area (Å²) in [6.45, 7) is 2.08. The van der Waals surface area contributed by atoms with Crippen molar-refractivity contribution in [2.45, 2.75) is 19.6 Å². The summed E-state index contributed by atoms with van der Waals surface area (Å²) >= 11 is 0. The van der Waals surface area contributed by atoms with E-state index < -0.39 is 10.2 Å². The first-order chi connectivity index (χ1) is 20.9. The summed E-state index contributed by atoms with van der Waals surface area (Å²) in [6, 6.07) is 24.9. The van der Waals surface area contributed by atoms with Crippen LogP contribution in [0.5, 0.6) is 0 Å². The van der Waals surface area contributed by atoms with E-state index in [9.17, 15) is 4.79 Å². The molecule has 3 aromatic heterocycles. The van der Waals surface area contributed by atoms with E-state index >= 15 is 0 Å². The molecule has 0 N–H and O–H groups in total. The van der Waals surface area contributed by atoms with Crippen LogP contribution >= 0.6 is 0 Å². The first-order valence-electron chi connectivity index (χ1n) is 13.5. The second-order valence-corrected chi connectivity index (χ2v) is 11.1. The van der Waals surface area contributed by atoms with Gasteiger partial charge in [0.05, 0.1) is 52.7 Å². The van der Waals surface area contributed by atoms with Crippen molar-refractivity contribution in [2.24, 2.45) is 21.1 Å². The Labute approximate surface area is 298 Å². The largest absolute Gasteiger partial charge is 2.00 e. The number of benzene rings is 3. The minimum absolute atomic E-state index is 0. The molecular weight excluding hydrogens is 780 g/mol. The molecule has 16 heteroatoms. The molecule has 0 aliphatic rings. The second-order valence-electron chi connectivity index (χ2n) is 10.3. The summed E-state index contributed by atoms with van der Waals surface area (Å²) in [7, 11) is 4.70. The first-order valence-corrected chi connectivity index (χ1v) is 14.8. The average molecular weight is 814 g/mol. The molecule has 13 nitrogen and oxygen atoms in total. The minimum atomic E-state index is -4.94. The number of hydrogen-bond acceptors (Lipinski definition) is 9. The van der Waals surface area contributed by atoms with Crippen LogP contribution in [0.2, 0.25) is 0 Å². The molecule has 0 saturated heterocycles. The third-order valence-electron chi connectivity index (χ3n) is 6.95. The van der Waals surface area contributed by atoms with Gasteiger partial charge >= 0.3 is 19.5 Å². The predicted octanol–water partition coefficient (Wildman–Crippen LogP) is -3.50. The smallest absolute Gasteiger partial charge is 1.00 e. The predicted molar refractivity (Wildman–Crippen MR) is 155 cm³/mol. The van der Waals surface area contributed by atoms with Gasteiger partial charge < -0.3 is 42.6 Å². The van der Waals surface area contributed by atoms with Crippen LogP contribution in [-0.4, -0.2) is 59.0 Å². The van der Waals surface area contributed by atoms with Gasteiger partial charge in [0.25, 0.3) is 0 Å². The van der Waals surface area contributed by atoms with Crippen molar-refractivity contribution in [3.8, 4) is 0 Å². The Morgan fingerprint density at radius 3 is 1.09 bits per heavy atom. The van der Waals surface area contributed by atoms with Crippen molar-refractivity contribution >= 4 is 39.5 Å². The van der Waals surface area contributed by atoms with E-state index in [0.29, 0.717) is 19.6 Å². The Morgan fingerprint density at radius 1 is 0.630 bits per heavy atom. The molecule has 6 aromatic rings. The zero-order valence-electron chi connectivity index (χ0n) is 26.2. The Bertz CT molecular complexity index is 1670. The molecule has 0 aliphatic heterocycles. The summed E-state index contributed by atoms with van der Waals surface area (Å²) in [6.07, 6.45) is 0.750. The Hall–Kier alpha value is -3.02. The van der Waals surface area contributed by atoms with Gasteiger partial charge in [-0.15, -0.1) is 10.2 Å². The number of hydrogen-bond donors (Lipinski definition) is 0. The SMILES string of the molecule is CN(C)C=O.Cn1c(CN(Cc2nc3ccccc3n2C)Cc2nc3ccccc3n2C)nc2ccccc21.[I-].[O-][Cl+3]([O-])([O-])[O-].[Zn+2]. The molecule has 0 aliphatic carbocycles. The third kappa shape index (κ3) is 10.2. The number of imidazole rings is 3. The van der Waals surface area contributed by atoms with Gasteiger partial charge in [-0.05, 0) is 36.4 Å². The third-order valence-corrected chi connectivity index (χ3v) is 6.95. The number of amides is 1. The number of carbonyl (C=O) groups is 1. The van der Waals surface area contributed by atoms with Crippen molar-refractivity contribution in [1.29, 1.82) is 0 Å². The standard InChI is InChI=1S/C27H27N7.C3H7NO.ClHO4.HI.Zn/c1-31-22-13-7-4-10-19(22)28-25(31)16-34(17-26-29-20-11-5-8-14-23(20)32(26)2)18-27-30-21-12-6-9-15-24(21)33(27)3;1-4(2)3-5;2-1(3,4)5;;/h4-15H,16-18H2,1-3H3;3H,1-2H3;(H,2,3,4,5);1H;/q;;;;+2/p-2. The van der Waals surface area contributed by atoms with E-state index in [1.807, 2.05) is 18.2 Å². The van der Waals surface area contributed by atoms with Gasteiger partial charge in [-0.2, -0.15) is 0 Å². The van der Waals surface area contributed by atoms with Gasteiger partial charge in [0.1, 0.15) is 17.5 Å². The van der Waals surface area contributed by atoms with Crippen molar-refractivity contribution in [1.82, 2.24) is 38.5 Å². The van der Waals surface area contributed by atoms with Gasteiger partial charge in [-0.1, -0.05) is 36.4 Å². The Balaban J connectivity index is 0.000000540. The fourth-order valence-electron chi connectivity index (χ4n) is 4.78. The van der Waals surface area contributed by atoms with Crippen molar-refractivity contribution in [2.75, 3.05) is 14.1 Å². The molecule has 0 fully saturated rings. The normalized spacial score (nSPS) is 10.9. The van der Waals surface area contributed by atoms with Crippen LogP contribution in [0.15, 0.2) is 72.8 Å². The van der Waals surface area contributed by atoms with Crippen molar-refractivity contribution in [3.63, 3.8) is 0 Å². The van der Waals surface area contributed by atoms with Crippen LogP contribution in [0, 0.1) is 10.2 Å². The fourth-order valence-corrected chi connectivity index (χ4v) is 4.78. The molecule has 0 radical (unpaired) electrons. The van der Waals surface area contributed by atoms with E-state index in [-0.39, 0.29) is 43.5 Å². The van der Waals surface area contributed by atoms with E-state index in [1.165, 1.54) is 4.90 Å². The monoisotopic (exact) mass is 812 g/mol. The van der Waals surface area contributed by atoms with Crippen LogP contribution in [0.3, 0.4) is 0 Å². The number of para-hydroxylation sites is 6. The zero-order chi connectivity index (χ0) is 32.0. The minimum Gasteiger partial charge on any atom is -1.00 e. The first kappa shape index (κ1) is 39.2. The summed E-state index contributed by atoms with van der Waals surface area (Å²) in [5.41, 5.74) is 6.48. The average Bonchev–Trinajstić information content (AvgIpc) is 3.59. The molecule has 3 aromatic carbocycles. The summed E-state index contributed by atoms with van der Waals surface area (Å²) in [5.74, 6) is 3.08. The Kier molecular flexibility index (Phi) is 14.7. The van der Waals surface area contributed by atoms with Crippen molar-refractivity contribution < 1.29 is 77.1 Å². The quantitative estimate of drug-likeness (QED) is 0.0903. The van der Waals surface area contributed by atoms with Gasteiger partial charge in [-0.3, -0.25) is 9.69 Å². The number of nitrogens with zero attached hydrogens (tertiary/aromatic N) is 8. The summed E-state index contributed by atoms with van der Waals surface area (Å²) in [4.78, 5) is 28.1. The maximum absolute atomic E-state index is 9.43. The van der Waals surface area contributed by atoms with E-state index in [4.69, 9.17) is 33.6 Å². The number of rotatable bonds is 7. The molecule has 6 rings (SSSR count). The van der Waals surface area contributed by atoms with E-state index in [2.05, 4.69) is 94.3 Å². The molecule has 46 heavy (non-hydrogen) atoms. The van der Waals surface area contributed by atoms with E-state index in [0.717, 1.165) is 57.0 Å². The number of carbonyl (C=O) groups excluding carboxylic acids is 1. The maximum atomic E-state index is 9.43. The molecule has 240 valence electrons. The van der Waals surface area contributed by atoms with E-state index in [1.54, 1.807) is 14.1 Å².